The summed E-state index contributed by atoms with van der Waals surface area (Å²) in [5.41, 5.74) is -0.0747. The standard InChI is InChI=1S/C10H14N2O5S/c1-18(16,17)12-5-4-11-10(15)8-6-7(13)2-3-9(8)14/h2-3,6,12-14H,4-5H2,1H3,(H,11,15). The highest BCUT2D eigenvalue weighted by Crippen LogP contribution is 2.21. The summed E-state index contributed by atoms with van der Waals surface area (Å²) < 4.78 is 23.7. The fourth-order valence-corrected chi connectivity index (χ4v) is 1.69. The van der Waals surface area contributed by atoms with Gasteiger partial charge in [-0.05, 0) is 18.2 Å². The van der Waals surface area contributed by atoms with Gasteiger partial charge in [0.15, 0.2) is 0 Å². The molecule has 8 heteroatoms. The van der Waals surface area contributed by atoms with Crippen LogP contribution in [0, 0.1) is 0 Å². The minimum Gasteiger partial charge on any atom is -0.508 e. The summed E-state index contributed by atoms with van der Waals surface area (Å²) in [6, 6.07) is 3.56. The highest BCUT2D eigenvalue weighted by atomic mass is 32.2. The zero-order valence-corrected chi connectivity index (χ0v) is 10.5. The summed E-state index contributed by atoms with van der Waals surface area (Å²) in [4.78, 5) is 11.6. The maximum absolute atomic E-state index is 11.6. The Bertz CT molecular complexity index is 541. The number of hydrogen-bond donors (Lipinski definition) is 4. The SMILES string of the molecule is CS(=O)(=O)NCCNC(=O)c1cc(O)ccc1O. The van der Waals surface area contributed by atoms with E-state index in [1.165, 1.54) is 12.1 Å². The first kappa shape index (κ1) is 14.3. The molecule has 0 aliphatic rings. The lowest BCUT2D eigenvalue weighted by Crippen LogP contribution is -2.34. The summed E-state index contributed by atoms with van der Waals surface area (Å²) in [6.45, 7) is 0.116. The molecule has 0 aliphatic carbocycles. The van der Waals surface area contributed by atoms with Crippen molar-refractivity contribution in [1.82, 2.24) is 10.0 Å². The Morgan fingerprint density at radius 3 is 2.56 bits per heavy atom. The van der Waals surface area contributed by atoms with Gasteiger partial charge >= 0.3 is 0 Å². The molecule has 100 valence electrons. The summed E-state index contributed by atoms with van der Waals surface area (Å²) in [7, 11) is -3.29. The Hall–Kier alpha value is -1.80. The number of carbonyl (C=O) groups excluding carboxylic acids is 1. The summed E-state index contributed by atoms with van der Waals surface area (Å²) in [5, 5.41) is 21.0. The smallest absolute Gasteiger partial charge is 0.255 e. The van der Waals surface area contributed by atoms with Crippen LogP contribution in [-0.2, 0) is 10.0 Å². The van der Waals surface area contributed by atoms with Crippen molar-refractivity contribution in [1.29, 1.82) is 0 Å². The summed E-state index contributed by atoms with van der Waals surface area (Å²) >= 11 is 0. The van der Waals surface area contributed by atoms with E-state index in [-0.39, 0.29) is 30.2 Å². The lowest BCUT2D eigenvalue weighted by Gasteiger charge is -2.07. The summed E-state index contributed by atoms with van der Waals surface area (Å²) in [6.07, 6.45) is 1.01. The lowest BCUT2D eigenvalue weighted by molar-refractivity contribution is 0.0951. The third-order valence-electron chi connectivity index (χ3n) is 2.00. The van der Waals surface area contributed by atoms with E-state index >= 15 is 0 Å². The van der Waals surface area contributed by atoms with Crippen molar-refractivity contribution in [3.63, 3.8) is 0 Å². The molecule has 0 bridgehead atoms. The molecular formula is C10H14N2O5S. The molecule has 4 N–H and O–H groups in total. The second kappa shape index (κ2) is 5.69. The molecule has 0 saturated carbocycles. The third kappa shape index (κ3) is 4.60. The number of hydrogen-bond acceptors (Lipinski definition) is 5. The first-order chi connectivity index (χ1) is 8.29. The van der Waals surface area contributed by atoms with Crippen molar-refractivity contribution >= 4 is 15.9 Å². The van der Waals surface area contributed by atoms with Gasteiger partial charge in [0.1, 0.15) is 11.5 Å². The molecule has 7 nitrogen and oxygen atoms in total. The third-order valence-corrected chi connectivity index (χ3v) is 2.73. The number of amides is 1. The molecule has 0 fully saturated rings. The van der Waals surface area contributed by atoms with E-state index in [0.29, 0.717) is 0 Å². The molecule has 0 spiro atoms. The lowest BCUT2D eigenvalue weighted by atomic mass is 10.2. The monoisotopic (exact) mass is 274 g/mol. The molecule has 0 atom stereocenters. The number of phenols is 2. The fourth-order valence-electron chi connectivity index (χ4n) is 1.21. The van der Waals surface area contributed by atoms with Crippen molar-refractivity contribution in [3.8, 4) is 11.5 Å². The highest BCUT2D eigenvalue weighted by molar-refractivity contribution is 7.88. The maximum Gasteiger partial charge on any atom is 0.255 e. The van der Waals surface area contributed by atoms with Crippen molar-refractivity contribution in [2.75, 3.05) is 19.3 Å². The second-order valence-electron chi connectivity index (χ2n) is 3.62. The number of sulfonamides is 1. The molecule has 1 aromatic rings. The Balaban J connectivity index is 2.53. The Morgan fingerprint density at radius 1 is 1.28 bits per heavy atom. The van der Waals surface area contributed by atoms with Crippen LogP contribution in [0.2, 0.25) is 0 Å². The van der Waals surface area contributed by atoms with E-state index in [9.17, 15) is 23.4 Å². The predicted octanol–water partition coefficient (Wildman–Crippen LogP) is -0.623. The fraction of sp³-hybridized carbons (Fsp3) is 0.300. The zero-order chi connectivity index (χ0) is 13.8. The van der Waals surface area contributed by atoms with E-state index in [1.54, 1.807) is 0 Å². The van der Waals surface area contributed by atoms with Crippen LogP contribution >= 0.6 is 0 Å². The van der Waals surface area contributed by atoms with Crippen LogP contribution in [0.15, 0.2) is 18.2 Å². The number of rotatable bonds is 5. The molecule has 0 aromatic heterocycles. The topological polar surface area (TPSA) is 116 Å². The van der Waals surface area contributed by atoms with Crippen molar-refractivity contribution in [3.05, 3.63) is 23.8 Å². The maximum atomic E-state index is 11.6. The second-order valence-corrected chi connectivity index (χ2v) is 5.46. The zero-order valence-electron chi connectivity index (χ0n) is 9.67. The Labute approximate surface area is 105 Å². The van der Waals surface area contributed by atoms with E-state index in [4.69, 9.17) is 0 Å². The van der Waals surface area contributed by atoms with Gasteiger partial charge in [0.2, 0.25) is 10.0 Å². The molecule has 1 rings (SSSR count). The summed E-state index contributed by atoms with van der Waals surface area (Å²) in [5.74, 6) is -1.01. The van der Waals surface area contributed by atoms with Gasteiger partial charge in [-0.1, -0.05) is 0 Å². The first-order valence-corrected chi connectivity index (χ1v) is 6.93. The first-order valence-electron chi connectivity index (χ1n) is 5.04. The quantitative estimate of drug-likeness (QED) is 0.422. The van der Waals surface area contributed by atoms with Crippen LogP contribution in [-0.4, -0.2) is 43.9 Å². The number of carbonyl (C=O) groups is 1. The van der Waals surface area contributed by atoms with Gasteiger partial charge in [0, 0.05) is 13.1 Å². The minimum atomic E-state index is -3.29. The minimum absolute atomic E-state index is 0.0458. The van der Waals surface area contributed by atoms with E-state index in [1.807, 2.05) is 0 Å². The average molecular weight is 274 g/mol. The van der Waals surface area contributed by atoms with Gasteiger partial charge < -0.3 is 15.5 Å². The van der Waals surface area contributed by atoms with Gasteiger partial charge in [-0.2, -0.15) is 0 Å². The van der Waals surface area contributed by atoms with Crippen molar-refractivity contribution in [2.24, 2.45) is 0 Å². The van der Waals surface area contributed by atoms with Gasteiger partial charge in [-0.25, -0.2) is 13.1 Å². The van der Waals surface area contributed by atoms with E-state index in [2.05, 4.69) is 10.0 Å². The number of nitrogens with one attached hydrogen (secondary N) is 2. The van der Waals surface area contributed by atoms with Crippen LogP contribution in [0.3, 0.4) is 0 Å². The van der Waals surface area contributed by atoms with Crippen LogP contribution in [0.25, 0.3) is 0 Å². The Morgan fingerprint density at radius 2 is 1.94 bits per heavy atom. The highest BCUT2D eigenvalue weighted by Gasteiger charge is 2.11. The van der Waals surface area contributed by atoms with Crippen molar-refractivity contribution < 1.29 is 23.4 Å². The number of phenolic OH excluding ortho intramolecular Hbond substituents is 2. The number of aromatic hydroxyl groups is 2. The van der Waals surface area contributed by atoms with Gasteiger partial charge in [0.25, 0.3) is 5.91 Å². The molecule has 0 aliphatic heterocycles. The van der Waals surface area contributed by atoms with Crippen LogP contribution in [0.4, 0.5) is 0 Å². The molecule has 0 radical (unpaired) electrons. The average Bonchev–Trinajstić information content (AvgIpc) is 2.26. The van der Waals surface area contributed by atoms with Gasteiger partial charge in [0.05, 0.1) is 11.8 Å². The largest absolute Gasteiger partial charge is 0.508 e. The van der Waals surface area contributed by atoms with Gasteiger partial charge in [-0.3, -0.25) is 4.79 Å². The van der Waals surface area contributed by atoms with Crippen LogP contribution in [0.5, 0.6) is 11.5 Å². The molecule has 0 heterocycles. The molecule has 18 heavy (non-hydrogen) atoms. The molecule has 1 amide bonds. The van der Waals surface area contributed by atoms with Crippen molar-refractivity contribution in [2.45, 2.75) is 0 Å². The van der Waals surface area contributed by atoms with Crippen LogP contribution in [0.1, 0.15) is 10.4 Å². The normalized spacial score (nSPS) is 11.2. The molecular weight excluding hydrogens is 260 g/mol. The van der Waals surface area contributed by atoms with Gasteiger partial charge in [-0.15, -0.1) is 0 Å². The van der Waals surface area contributed by atoms with E-state index < -0.39 is 15.9 Å². The Kier molecular flexibility index (Phi) is 4.51. The van der Waals surface area contributed by atoms with E-state index in [0.717, 1.165) is 12.3 Å². The number of benzene rings is 1. The van der Waals surface area contributed by atoms with Crippen LogP contribution < -0.4 is 10.0 Å². The molecule has 0 saturated heterocycles. The predicted molar refractivity (Wildman–Crippen MR) is 65.0 cm³/mol. The molecule has 1 aromatic carbocycles. The molecule has 0 unspecified atom stereocenters.